The lowest BCUT2D eigenvalue weighted by Gasteiger charge is -2.14. The molecule has 0 saturated carbocycles. The molecule has 0 aliphatic rings. The number of benzene rings is 2. The van der Waals surface area contributed by atoms with Crippen molar-refractivity contribution < 1.29 is 14.3 Å². The molecule has 2 amide bonds. The van der Waals surface area contributed by atoms with Crippen molar-refractivity contribution in [2.24, 2.45) is 0 Å². The summed E-state index contributed by atoms with van der Waals surface area (Å²) in [4.78, 5) is 24.1. The van der Waals surface area contributed by atoms with Crippen molar-refractivity contribution >= 4 is 17.5 Å². The van der Waals surface area contributed by atoms with Gasteiger partial charge in [0.25, 0.3) is 5.91 Å². The van der Waals surface area contributed by atoms with Gasteiger partial charge >= 0.3 is 0 Å². The Kier molecular flexibility index (Phi) is 5.14. The van der Waals surface area contributed by atoms with Crippen LogP contribution < -0.4 is 15.4 Å². The minimum absolute atomic E-state index is 0.280. The number of amides is 2. The first-order valence-corrected chi connectivity index (χ1v) is 6.91. The summed E-state index contributed by atoms with van der Waals surface area (Å²) < 4.78 is 5.05. The third kappa shape index (κ3) is 4.09. The maximum Gasteiger partial charge on any atom is 0.251 e. The van der Waals surface area contributed by atoms with E-state index in [0.717, 1.165) is 0 Å². The Hall–Kier alpha value is -2.82. The lowest BCUT2D eigenvalue weighted by atomic mass is 10.2. The maximum absolute atomic E-state index is 12.1. The highest BCUT2D eigenvalue weighted by Crippen LogP contribution is 2.15. The highest BCUT2D eigenvalue weighted by atomic mass is 16.5. The third-order valence-electron chi connectivity index (χ3n) is 3.13. The van der Waals surface area contributed by atoms with Gasteiger partial charge < -0.3 is 15.4 Å². The zero-order chi connectivity index (χ0) is 15.9. The normalized spacial score (nSPS) is 11.4. The Morgan fingerprint density at radius 2 is 1.64 bits per heavy atom. The summed E-state index contributed by atoms with van der Waals surface area (Å²) in [6.45, 7) is 1.64. The highest BCUT2D eigenvalue weighted by Gasteiger charge is 2.16. The van der Waals surface area contributed by atoms with Crippen LogP contribution in [0.3, 0.4) is 0 Å². The van der Waals surface area contributed by atoms with Crippen LogP contribution >= 0.6 is 0 Å². The van der Waals surface area contributed by atoms with Gasteiger partial charge in [0.1, 0.15) is 11.8 Å². The number of ether oxygens (including phenoxy) is 1. The van der Waals surface area contributed by atoms with Crippen molar-refractivity contribution in [1.82, 2.24) is 5.32 Å². The van der Waals surface area contributed by atoms with Crippen molar-refractivity contribution in [3.63, 3.8) is 0 Å². The molecular formula is C17H18N2O3. The summed E-state index contributed by atoms with van der Waals surface area (Å²) in [6.07, 6.45) is 0. The average Bonchev–Trinajstić information content (AvgIpc) is 2.56. The van der Waals surface area contributed by atoms with E-state index in [1.54, 1.807) is 62.6 Å². The monoisotopic (exact) mass is 298 g/mol. The second-order valence-corrected chi connectivity index (χ2v) is 4.78. The van der Waals surface area contributed by atoms with Crippen LogP contribution in [0.5, 0.6) is 5.75 Å². The van der Waals surface area contributed by atoms with Crippen LogP contribution in [0, 0.1) is 0 Å². The van der Waals surface area contributed by atoms with Gasteiger partial charge in [0, 0.05) is 11.3 Å². The molecular weight excluding hydrogens is 280 g/mol. The van der Waals surface area contributed by atoms with Gasteiger partial charge in [0.2, 0.25) is 5.91 Å². The number of anilines is 1. The van der Waals surface area contributed by atoms with E-state index in [1.165, 1.54) is 0 Å². The van der Waals surface area contributed by atoms with Crippen molar-refractivity contribution in [3.05, 3.63) is 60.2 Å². The molecule has 0 radical (unpaired) electrons. The second kappa shape index (κ2) is 7.26. The van der Waals surface area contributed by atoms with E-state index in [0.29, 0.717) is 17.0 Å². The second-order valence-electron chi connectivity index (χ2n) is 4.78. The van der Waals surface area contributed by atoms with E-state index in [1.807, 2.05) is 6.07 Å². The van der Waals surface area contributed by atoms with Crippen LogP contribution in [0.2, 0.25) is 0 Å². The minimum Gasteiger partial charge on any atom is -0.497 e. The number of nitrogens with one attached hydrogen (secondary N) is 2. The Labute approximate surface area is 129 Å². The molecule has 2 N–H and O–H groups in total. The van der Waals surface area contributed by atoms with Gasteiger partial charge in [-0.1, -0.05) is 18.2 Å². The first-order valence-electron chi connectivity index (χ1n) is 6.91. The lowest BCUT2D eigenvalue weighted by Crippen LogP contribution is -2.41. The van der Waals surface area contributed by atoms with Crippen molar-refractivity contribution in [1.29, 1.82) is 0 Å². The van der Waals surface area contributed by atoms with Crippen LogP contribution in [0.15, 0.2) is 54.6 Å². The van der Waals surface area contributed by atoms with Crippen LogP contribution in [0.25, 0.3) is 0 Å². The van der Waals surface area contributed by atoms with Gasteiger partial charge in [-0.15, -0.1) is 0 Å². The molecule has 2 aromatic carbocycles. The number of hydrogen-bond donors (Lipinski definition) is 2. The standard InChI is InChI=1S/C17H18N2O3/c1-12(18-17(21)13-6-4-3-5-7-13)16(20)19-14-8-10-15(22-2)11-9-14/h3-12H,1-2H3,(H,18,21)(H,19,20)/t12-/m1/s1. The van der Waals surface area contributed by atoms with Crippen molar-refractivity contribution in [2.45, 2.75) is 13.0 Å². The fourth-order valence-electron chi connectivity index (χ4n) is 1.86. The summed E-state index contributed by atoms with van der Waals surface area (Å²) >= 11 is 0. The van der Waals surface area contributed by atoms with Gasteiger partial charge in [0.15, 0.2) is 0 Å². The summed E-state index contributed by atoms with van der Waals surface area (Å²) in [5.74, 6) is 0.149. The predicted octanol–water partition coefficient (Wildman–Crippen LogP) is 2.45. The Balaban J connectivity index is 1.92. The van der Waals surface area contributed by atoms with Gasteiger partial charge in [-0.2, -0.15) is 0 Å². The van der Waals surface area contributed by atoms with Gasteiger partial charge in [-0.05, 0) is 43.3 Å². The largest absolute Gasteiger partial charge is 0.497 e. The number of hydrogen-bond acceptors (Lipinski definition) is 3. The quantitative estimate of drug-likeness (QED) is 0.891. The molecule has 0 bridgehead atoms. The molecule has 1 atom stereocenters. The predicted molar refractivity (Wildman–Crippen MR) is 85.0 cm³/mol. The molecule has 0 aliphatic carbocycles. The molecule has 0 saturated heterocycles. The van der Waals surface area contributed by atoms with Gasteiger partial charge in [0.05, 0.1) is 7.11 Å². The molecule has 2 rings (SSSR count). The Bertz CT molecular complexity index is 639. The molecule has 0 aromatic heterocycles. The average molecular weight is 298 g/mol. The maximum atomic E-state index is 12.1. The molecule has 2 aromatic rings. The molecule has 0 fully saturated rings. The fraction of sp³-hybridized carbons (Fsp3) is 0.176. The molecule has 0 spiro atoms. The molecule has 114 valence electrons. The topological polar surface area (TPSA) is 67.4 Å². The number of carbonyl (C=O) groups excluding carboxylic acids is 2. The molecule has 0 aliphatic heterocycles. The molecule has 0 heterocycles. The first-order chi connectivity index (χ1) is 10.6. The van der Waals surface area contributed by atoms with E-state index >= 15 is 0 Å². The number of methoxy groups -OCH3 is 1. The lowest BCUT2D eigenvalue weighted by molar-refractivity contribution is -0.117. The van der Waals surface area contributed by atoms with E-state index in [4.69, 9.17) is 4.74 Å². The summed E-state index contributed by atoms with van der Waals surface area (Å²) in [5, 5.41) is 5.40. The third-order valence-corrected chi connectivity index (χ3v) is 3.13. The van der Waals surface area contributed by atoms with E-state index in [9.17, 15) is 9.59 Å². The number of carbonyl (C=O) groups is 2. The molecule has 22 heavy (non-hydrogen) atoms. The highest BCUT2D eigenvalue weighted by molar-refractivity contribution is 6.00. The molecule has 0 unspecified atom stereocenters. The van der Waals surface area contributed by atoms with E-state index in [2.05, 4.69) is 10.6 Å². The van der Waals surface area contributed by atoms with Crippen LogP contribution in [0.4, 0.5) is 5.69 Å². The van der Waals surface area contributed by atoms with Crippen molar-refractivity contribution in [2.75, 3.05) is 12.4 Å². The van der Waals surface area contributed by atoms with E-state index < -0.39 is 6.04 Å². The zero-order valence-electron chi connectivity index (χ0n) is 12.5. The number of rotatable bonds is 5. The van der Waals surface area contributed by atoms with Crippen LogP contribution in [-0.4, -0.2) is 25.0 Å². The summed E-state index contributed by atoms with van der Waals surface area (Å²) in [5.41, 5.74) is 1.17. The molecule has 5 heteroatoms. The van der Waals surface area contributed by atoms with Gasteiger partial charge in [-0.3, -0.25) is 9.59 Å². The van der Waals surface area contributed by atoms with E-state index in [-0.39, 0.29) is 11.8 Å². The minimum atomic E-state index is -0.644. The van der Waals surface area contributed by atoms with Crippen molar-refractivity contribution in [3.8, 4) is 5.75 Å². The van der Waals surface area contributed by atoms with Gasteiger partial charge in [-0.25, -0.2) is 0 Å². The van der Waals surface area contributed by atoms with Crippen LogP contribution in [0.1, 0.15) is 17.3 Å². The summed E-state index contributed by atoms with van der Waals surface area (Å²) in [7, 11) is 1.58. The summed E-state index contributed by atoms with van der Waals surface area (Å²) in [6, 6.07) is 15.1. The molecule has 5 nitrogen and oxygen atoms in total. The Morgan fingerprint density at radius 3 is 2.23 bits per heavy atom. The first kappa shape index (κ1) is 15.6. The smallest absolute Gasteiger partial charge is 0.251 e. The SMILES string of the molecule is COc1ccc(NC(=O)[C@@H](C)NC(=O)c2ccccc2)cc1. The van der Waals surface area contributed by atoms with Crippen LogP contribution in [-0.2, 0) is 4.79 Å². The fourth-order valence-corrected chi connectivity index (χ4v) is 1.86. The zero-order valence-corrected chi connectivity index (χ0v) is 12.5. The Morgan fingerprint density at radius 1 is 1.00 bits per heavy atom.